The summed E-state index contributed by atoms with van der Waals surface area (Å²) in [6, 6.07) is 43.0. The lowest BCUT2D eigenvalue weighted by atomic mass is 10.0. The maximum absolute atomic E-state index is 15.9. The largest absolute Gasteiger partial charge is 0.309 e. The van der Waals surface area contributed by atoms with Crippen molar-refractivity contribution >= 4 is 66.1 Å². The lowest BCUT2D eigenvalue weighted by Gasteiger charge is -2.25. The number of benzene rings is 7. The Kier molecular flexibility index (Phi) is 4.99. The molecule has 7 aromatic carbocycles. The van der Waals surface area contributed by atoms with Crippen LogP contribution in [0.4, 0.5) is 4.39 Å². The summed E-state index contributed by atoms with van der Waals surface area (Å²) in [6.45, 7) is 0. The molecule has 0 fully saturated rings. The monoisotopic (exact) mass is 496 g/mol. The zero-order chi connectivity index (χ0) is 25.0. The Morgan fingerprint density at radius 1 is 0.432 bits per heavy atom. The van der Waals surface area contributed by atoms with Crippen LogP contribution >= 0.6 is 7.14 Å². The molecule has 0 aliphatic heterocycles. The van der Waals surface area contributed by atoms with Gasteiger partial charge in [-0.25, -0.2) is 4.39 Å². The minimum absolute atomic E-state index is 0.395. The van der Waals surface area contributed by atoms with E-state index in [-0.39, 0.29) is 0 Å². The van der Waals surface area contributed by atoms with Gasteiger partial charge in [0.05, 0.1) is 0 Å². The molecule has 1 nitrogen and oxygen atoms in total. The molecule has 0 aromatic heterocycles. The van der Waals surface area contributed by atoms with E-state index in [0.717, 1.165) is 53.7 Å². The van der Waals surface area contributed by atoms with Gasteiger partial charge in [-0.3, -0.25) is 0 Å². The standard InChI is InChI=1S/C34H22FOP/c35-25-12-9-13-26(22-25)37(36,33-20-23-10-1-3-14-27(23)29-16-5-7-18-31(29)33)34-21-24-11-2-4-15-28(24)30-17-6-8-19-32(30)34/h1-22H. The Bertz CT molecular complexity index is 1920. The molecule has 0 aliphatic carbocycles. The molecule has 0 amide bonds. The molecule has 0 saturated carbocycles. The van der Waals surface area contributed by atoms with E-state index >= 15 is 4.57 Å². The highest BCUT2D eigenvalue weighted by atomic mass is 31.2. The molecule has 0 atom stereocenters. The molecule has 7 aromatic rings. The second-order valence-corrected chi connectivity index (χ2v) is 12.1. The molecule has 0 radical (unpaired) electrons. The number of halogens is 1. The summed E-state index contributed by atoms with van der Waals surface area (Å²) in [4.78, 5) is 0. The van der Waals surface area contributed by atoms with Gasteiger partial charge in [-0.15, -0.1) is 0 Å². The van der Waals surface area contributed by atoms with E-state index in [4.69, 9.17) is 0 Å². The summed E-state index contributed by atoms with van der Waals surface area (Å²) in [5, 5.41) is 10.1. The highest BCUT2D eigenvalue weighted by Gasteiger charge is 2.34. The number of hydrogen-bond acceptors (Lipinski definition) is 1. The van der Waals surface area contributed by atoms with Crippen LogP contribution in [0.25, 0.3) is 43.1 Å². The second-order valence-electron chi connectivity index (χ2n) is 9.41. The molecule has 0 bridgehead atoms. The lowest BCUT2D eigenvalue weighted by Crippen LogP contribution is -2.27. The molecule has 37 heavy (non-hydrogen) atoms. The van der Waals surface area contributed by atoms with Crippen molar-refractivity contribution in [3.8, 4) is 0 Å². The van der Waals surface area contributed by atoms with E-state index in [0.29, 0.717) is 5.30 Å². The lowest BCUT2D eigenvalue weighted by molar-refractivity contribution is 0.592. The molecule has 7 rings (SSSR count). The van der Waals surface area contributed by atoms with Crippen LogP contribution in [0.3, 0.4) is 0 Å². The summed E-state index contributed by atoms with van der Waals surface area (Å²) in [6.07, 6.45) is 0. The predicted molar refractivity (Wildman–Crippen MR) is 156 cm³/mol. The number of rotatable bonds is 3. The summed E-state index contributed by atoms with van der Waals surface area (Å²) in [7, 11) is -3.54. The first-order valence-electron chi connectivity index (χ1n) is 12.3. The van der Waals surface area contributed by atoms with Gasteiger partial charge in [-0.05, 0) is 67.4 Å². The average molecular weight is 497 g/mol. The fraction of sp³-hybridized carbons (Fsp3) is 0. The minimum Gasteiger partial charge on any atom is -0.309 e. The maximum atomic E-state index is 15.9. The van der Waals surface area contributed by atoms with Crippen LogP contribution in [-0.4, -0.2) is 0 Å². The Morgan fingerprint density at radius 2 is 0.865 bits per heavy atom. The van der Waals surface area contributed by atoms with Crippen LogP contribution in [0.5, 0.6) is 0 Å². The highest BCUT2D eigenvalue weighted by molar-refractivity contribution is 7.86. The van der Waals surface area contributed by atoms with Gasteiger partial charge in [0.2, 0.25) is 0 Å². The van der Waals surface area contributed by atoms with Crippen molar-refractivity contribution in [2.24, 2.45) is 0 Å². The minimum atomic E-state index is -3.54. The molecule has 0 spiro atoms. The molecule has 0 saturated heterocycles. The van der Waals surface area contributed by atoms with Crippen molar-refractivity contribution in [2.45, 2.75) is 0 Å². The van der Waals surface area contributed by atoms with E-state index in [2.05, 4.69) is 36.4 Å². The number of fused-ring (bicyclic) bond motifs is 6. The molecule has 0 heterocycles. The van der Waals surface area contributed by atoms with Gasteiger partial charge in [0, 0.05) is 15.9 Å². The third-order valence-corrected chi connectivity index (χ3v) is 10.4. The molecule has 0 N–H and O–H groups in total. The van der Waals surface area contributed by atoms with Gasteiger partial charge >= 0.3 is 0 Å². The molecule has 3 heteroatoms. The summed E-state index contributed by atoms with van der Waals surface area (Å²) >= 11 is 0. The maximum Gasteiger partial charge on any atom is 0.172 e. The van der Waals surface area contributed by atoms with E-state index in [1.54, 1.807) is 12.1 Å². The van der Waals surface area contributed by atoms with Gasteiger partial charge < -0.3 is 4.57 Å². The SMILES string of the molecule is O=P(c1cccc(F)c1)(c1cc2ccccc2c2ccccc12)c1cc2ccccc2c2ccccc12. The van der Waals surface area contributed by atoms with Gasteiger partial charge in [-0.2, -0.15) is 0 Å². The third kappa shape index (κ3) is 3.34. The molecule has 176 valence electrons. The van der Waals surface area contributed by atoms with Crippen LogP contribution in [0, 0.1) is 5.82 Å². The van der Waals surface area contributed by atoms with Crippen molar-refractivity contribution in [2.75, 3.05) is 0 Å². The molecular weight excluding hydrogens is 474 g/mol. The fourth-order valence-corrected chi connectivity index (χ4v) is 8.80. The van der Waals surface area contributed by atoms with E-state index in [9.17, 15) is 4.39 Å². The van der Waals surface area contributed by atoms with Crippen LogP contribution in [-0.2, 0) is 4.57 Å². The summed E-state index contributed by atoms with van der Waals surface area (Å²) in [5.41, 5.74) is 0. The molecular formula is C34H22FOP. The average Bonchev–Trinajstić information content (AvgIpc) is 2.96. The van der Waals surface area contributed by atoms with Crippen LogP contribution in [0.1, 0.15) is 0 Å². The van der Waals surface area contributed by atoms with Gasteiger partial charge in [-0.1, -0.05) is 109 Å². The second kappa shape index (κ2) is 8.40. The first-order valence-corrected chi connectivity index (χ1v) is 14.0. The highest BCUT2D eigenvalue weighted by Crippen LogP contribution is 2.48. The Balaban J connectivity index is 1.71. The first kappa shape index (κ1) is 22.0. The van der Waals surface area contributed by atoms with Crippen LogP contribution in [0.15, 0.2) is 133 Å². The van der Waals surface area contributed by atoms with Crippen molar-refractivity contribution in [1.29, 1.82) is 0 Å². The predicted octanol–water partition coefficient (Wildman–Crippen LogP) is 8.08. The van der Waals surface area contributed by atoms with Crippen LogP contribution < -0.4 is 15.9 Å². The van der Waals surface area contributed by atoms with E-state index in [1.807, 2.05) is 72.8 Å². The Labute approximate surface area is 214 Å². The molecule has 0 aliphatic rings. The Morgan fingerprint density at radius 3 is 1.35 bits per heavy atom. The summed E-state index contributed by atoms with van der Waals surface area (Å²) in [5.74, 6) is -0.395. The van der Waals surface area contributed by atoms with Crippen molar-refractivity contribution in [3.05, 3.63) is 139 Å². The normalized spacial score (nSPS) is 12.0. The zero-order valence-electron chi connectivity index (χ0n) is 19.9. The quantitative estimate of drug-likeness (QED) is 0.179. The van der Waals surface area contributed by atoms with Crippen molar-refractivity contribution in [1.82, 2.24) is 0 Å². The van der Waals surface area contributed by atoms with Crippen molar-refractivity contribution < 1.29 is 8.96 Å². The van der Waals surface area contributed by atoms with Crippen molar-refractivity contribution in [3.63, 3.8) is 0 Å². The fourth-order valence-electron chi connectivity index (χ4n) is 5.67. The topological polar surface area (TPSA) is 17.1 Å². The van der Waals surface area contributed by atoms with E-state index < -0.39 is 13.0 Å². The van der Waals surface area contributed by atoms with E-state index in [1.165, 1.54) is 12.1 Å². The first-order chi connectivity index (χ1) is 18.1. The zero-order valence-corrected chi connectivity index (χ0v) is 20.8. The van der Waals surface area contributed by atoms with Gasteiger partial charge in [0.1, 0.15) is 5.82 Å². The number of hydrogen-bond donors (Lipinski definition) is 0. The smallest absolute Gasteiger partial charge is 0.172 e. The third-order valence-electron chi connectivity index (χ3n) is 7.34. The van der Waals surface area contributed by atoms with Gasteiger partial charge in [0.15, 0.2) is 7.14 Å². The Hall–Kier alpha value is -4.26. The van der Waals surface area contributed by atoms with Crippen LogP contribution in [0.2, 0.25) is 0 Å². The summed E-state index contributed by atoms with van der Waals surface area (Å²) < 4.78 is 30.7. The van der Waals surface area contributed by atoms with Gasteiger partial charge in [0.25, 0.3) is 0 Å². The molecule has 0 unspecified atom stereocenters.